The van der Waals surface area contributed by atoms with Crippen LogP contribution in [0.3, 0.4) is 0 Å². The van der Waals surface area contributed by atoms with Crippen LogP contribution in [-0.4, -0.2) is 25.5 Å². The first-order chi connectivity index (χ1) is 15.5. The Morgan fingerprint density at radius 2 is 2.06 bits per heavy atom. The fourth-order valence-corrected chi connectivity index (χ4v) is 7.85. The first kappa shape index (κ1) is 22.3. The molecule has 1 saturated heterocycles. The van der Waals surface area contributed by atoms with Gasteiger partial charge in [0.15, 0.2) is 6.29 Å². The molecule has 7 atom stereocenters. The first-order valence-electron chi connectivity index (χ1n) is 13.1. The molecule has 3 aliphatic carbocycles. The van der Waals surface area contributed by atoms with Crippen LogP contribution in [0.25, 0.3) is 0 Å². The Hall–Kier alpha value is -1.55. The smallest absolute Gasteiger partial charge is 0.306 e. The highest BCUT2D eigenvalue weighted by Crippen LogP contribution is 2.64. The number of rotatable bonds is 5. The minimum Gasteiger partial charge on any atom is -0.466 e. The van der Waals surface area contributed by atoms with Gasteiger partial charge in [-0.25, -0.2) is 0 Å². The maximum Gasteiger partial charge on any atom is 0.306 e. The van der Waals surface area contributed by atoms with Crippen molar-refractivity contribution in [2.45, 2.75) is 90.8 Å². The largest absolute Gasteiger partial charge is 0.466 e. The molecule has 0 spiro atoms. The van der Waals surface area contributed by atoms with E-state index in [4.69, 9.17) is 14.2 Å². The highest BCUT2D eigenvalue weighted by molar-refractivity contribution is 5.69. The number of fused-ring (bicyclic) bond motifs is 5. The summed E-state index contributed by atoms with van der Waals surface area (Å²) in [4.78, 5) is 12.3. The van der Waals surface area contributed by atoms with E-state index >= 15 is 0 Å². The van der Waals surface area contributed by atoms with Crippen molar-refractivity contribution < 1.29 is 19.0 Å². The van der Waals surface area contributed by atoms with Crippen LogP contribution >= 0.6 is 0 Å². The van der Waals surface area contributed by atoms with Gasteiger partial charge in [-0.1, -0.05) is 19.9 Å². The van der Waals surface area contributed by atoms with Gasteiger partial charge in [0.25, 0.3) is 0 Å². The Morgan fingerprint density at radius 3 is 2.84 bits per heavy atom. The number of ether oxygens (including phenoxy) is 3. The van der Waals surface area contributed by atoms with Crippen LogP contribution in [0.2, 0.25) is 0 Å². The molecule has 4 aliphatic rings. The van der Waals surface area contributed by atoms with Gasteiger partial charge in [-0.2, -0.15) is 0 Å². The minimum absolute atomic E-state index is 0.00184. The molecule has 0 bridgehead atoms. The van der Waals surface area contributed by atoms with Crippen molar-refractivity contribution in [3.63, 3.8) is 0 Å². The zero-order valence-electron chi connectivity index (χ0n) is 20.1. The van der Waals surface area contributed by atoms with E-state index in [9.17, 15) is 4.79 Å². The van der Waals surface area contributed by atoms with Crippen molar-refractivity contribution >= 4 is 5.97 Å². The average molecular weight is 441 g/mol. The van der Waals surface area contributed by atoms with E-state index in [1.165, 1.54) is 37.7 Å². The monoisotopic (exact) mass is 440 g/mol. The van der Waals surface area contributed by atoms with Crippen LogP contribution in [0.5, 0.6) is 5.75 Å². The van der Waals surface area contributed by atoms with E-state index in [0.717, 1.165) is 43.5 Å². The van der Waals surface area contributed by atoms with E-state index < -0.39 is 0 Å². The Labute approximate surface area is 193 Å². The molecule has 0 amide bonds. The lowest BCUT2D eigenvalue weighted by Gasteiger charge is -2.53. The first-order valence-corrected chi connectivity index (χ1v) is 13.1. The van der Waals surface area contributed by atoms with Gasteiger partial charge in [-0.15, -0.1) is 0 Å². The fourth-order valence-electron chi connectivity index (χ4n) is 7.85. The maximum atomic E-state index is 12.3. The molecule has 3 fully saturated rings. The van der Waals surface area contributed by atoms with Gasteiger partial charge in [-0.3, -0.25) is 4.79 Å². The number of carbonyl (C=O) groups is 1. The second kappa shape index (κ2) is 9.00. The molecule has 5 rings (SSSR count). The molecule has 4 heteroatoms. The highest BCUT2D eigenvalue weighted by atomic mass is 16.7. The van der Waals surface area contributed by atoms with Gasteiger partial charge < -0.3 is 14.2 Å². The lowest BCUT2D eigenvalue weighted by molar-refractivity contribution is -0.145. The van der Waals surface area contributed by atoms with Crippen molar-refractivity contribution in [3.8, 4) is 5.75 Å². The van der Waals surface area contributed by atoms with Gasteiger partial charge in [0.1, 0.15) is 5.75 Å². The second-order valence-electron chi connectivity index (χ2n) is 11.1. The Balaban J connectivity index is 1.33. The second-order valence-corrected chi connectivity index (χ2v) is 11.1. The molecule has 1 aromatic rings. The van der Waals surface area contributed by atoms with E-state index in [1.807, 2.05) is 6.92 Å². The molecule has 1 aliphatic heterocycles. The number of hydrogen-bond donors (Lipinski definition) is 0. The van der Waals surface area contributed by atoms with Crippen molar-refractivity contribution in [1.29, 1.82) is 0 Å². The quantitative estimate of drug-likeness (QED) is 0.507. The maximum absolute atomic E-state index is 12.3. The zero-order chi connectivity index (χ0) is 22.3. The van der Waals surface area contributed by atoms with Gasteiger partial charge in [0.05, 0.1) is 13.2 Å². The number of carbonyl (C=O) groups excluding carboxylic acids is 1. The summed E-state index contributed by atoms with van der Waals surface area (Å²) >= 11 is 0. The van der Waals surface area contributed by atoms with Crippen LogP contribution in [0.15, 0.2) is 18.2 Å². The summed E-state index contributed by atoms with van der Waals surface area (Å²) in [6.07, 6.45) is 9.88. The molecule has 0 aromatic heterocycles. The van der Waals surface area contributed by atoms with Crippen LogP contribution in [0, 0.1) is 29.1 Å². The molecule has 176 valence electrons. The fraction of sp³-hybridized carbons (Fsp3) is 0.750. The third-order valence-corrected chi connectivity index (χ3v) is 9.37. The topological polar surface area (TPSA) is 44.8 Å². The van der Waals surface area contributed by atoms with E-state index in [2.05, 4.69) is 32.0 Å². The predicted molar refractivity (Wildman–Crippen MR) is 125 cm³/mol. The molecule has 0 N–H and O–H groups in total. The summed E-state index contributed by atoms with van der Waals surface area (Å²) in [7, 11) is 0. The molecule has 1 aromatic carbocycles. The van der Waals surface area contributed by atoms with Crippen LogP contribution < -0.4 is 4.74 Å². The number of esters is 1. The van der Waals surface area contributed by atoms with E-state index in [-0.39, 0.29) is 17.7 Å². The molecule has 2 saturated carbocycles. The van der Waals surface area contributed by atoms with E-state index in [0.29, 0.717) is 30.8 Å². The van der Waals surface area contributed by atoms with E-state index in [1.54, 1.807) is 5.56 Å². The average Bonchev–Trinajstić information content (AvgIpc) is 3.10. The van der Waals surface area contributed by atoms with Gasteiger partial charge in [0, 0.05) is 12.8 Å². The van der Waals surface area contributed by atoms with Gasteiger partial charge >= 0.3 is 5.97 Å². The number of benzene rings is 1. The molecule has 1 heterocycles. The summed E-state index contributed by atoms with van der Waals surface area (Å²) in [6, 6.07) is 6.83. The molecule has 6 unspecified atom stereocenters. The summed E-state index contributed by atoms with van der Waals surface area (Å²) in [5, 5.41) is 0. The molecular formula is C28H40O4. The van der Waals surface area contributed by atoms with Crippen LogP contribution in [-0.2, 0) is 20.7 Å². The number of hydrogen-bond acceptors (Lipinski definition) is 4. The lowest BCUT2D eigenvalue weighted by Crippen LogP contribution is -2.45. The SMILES string of the molecule is CCOC(=O)C[C@H]1CCC2C3C(C)Cc4cc(OC5CCCCO5)ccc4C3CCC21C. The Bertz CT molecular complexity index is 829. The predicted octanol–water partition coefficient (Wildman–Crippen LogP) is 6.26. The third-order valence-electron chi connectivity index (χ3n) is 9.37. The summed E-state index contributed by atoms with van der Waals surface area (Å²) < 4.78 is 17.3. The summed E-state index contributed by atoms with van der Waals surface area (Å²) in [6.45, 7) is 8.15. The van der Waals surface area contributed by atoms with Gasteiger partial charge in [-0.05, 0) is 110 Å². The highest BCUT2D eigenvalue weighted by Gasteiger charge is 2.56. The summed E-state index contributed by atoms with van der Waals surface area (Å²) in [5.41, 5.74) is 3.32. The van der Waals surface area contributed by atoms with Crippen molar-refractivity contribution in [1.82, 2.24) is 0 Å². The molecule has 4 nitrogen and oxygen atoms in total. The third kappa shape index (κ3) is 3.97. The molecular weight excluding hydrogens is 400 g/mol. The van der Waals surface area contributed by atoms with Crippen LogP contribution in [0.4, 0.5) is 0 Å². The minimum atomic E-state index is -0.0826. The Kier molecular flexibility index (Phi) is 6.26. The van der Waals surface area contributed by atoms with Crippen molar-refractivity contribution in [2.75, 3.05) is 13.2 Å². The molecule has 32 heavy (non-hydrogen) atoms. The summed E-state index contributed by atoms with van der Waals surface area (Å²) in [5.74, 6) is 4.20. The van der Waals surface area contributed by atoms with Crippen molar-refractivity contribution in [2.24, 2.45) is 29.1 Å². The normalized spacial score (nSPS) is 38.3. The van der Waals surface area contributed by atoms with Gasteiger partial charge in [0.2, 0.25) is 0 Å². The lowest BCUT2D eigenvalue weighted by atomic mass is 9.51. The molecule has 0 radical (unpaired) electrons. The Morgan fingerprint density at radius 1 is 1.19 bits per heavy atom. The van der Waals surface area contributed by atoms with Crippen LogP contribution in [0.1, 0.15) is 89.2 Å². The zero-order valence-corrected chi connectivity index (χ0v) is 20.1. The standard InChI is InChI=1S/C28H40O4/c1-4-30-25(29)17-20-8-11-24-27-18(2)15-19-16-21(32-26-7-5-6-14-31-26)9-10-22(19)23(27)12-13-28(20,24)3/h9-10,16,18,20,23-24,26-27H,4-8,11-15,17H2,1-3H3/t18?,20-,23?,24?,26?,27?,28?/m1/s1. The van der Waals surface area contributed by atoms with Crippen molar-refractivity contribution in [3.05, 3.63) is 29.3 Å².